The number of pyridine rings is 1. The molecule has 0 aliphatic carbocycles. The highest BCUT2D eigenvalue weighted by atomic mass is 32.1. The number of hydrogen-bond donors (Lipinski definition) is 0. The van der Waals surface area contributed by atoms with Crippen LogP contribution in [-0.2, 0) is 0 Å². The van der Waals surface area contributed by atoms with Crippen LogP contribution in [0.25, 0.3) is 10.6 Å². The topological polar surface area (TPSA) is 46.1 Å². The number of hydrogen-bond acceptors (Lipinski definition) is 4. The van der Waals surface area contributed by atoms with E-state index in [1.807, 2.05) is 19.1 Å². The van der Waals surface area contributed by atoms with Crippen molar-refractivity contribution in [2.45, 2.75) is 13.8 Å². The Kier molecular flexibility index (Phi) is 4.40. The maximum Gasteiger partial charge on any atom is 0.271 e. The largest absolute Gasteiger partial charge is 0.295 e. The first-order valence-corrected chi connectivity index (χ1v) is 8.22. The van der Waals surface area contributed by atoms with Crippen molar-refractivity contribution >= 4 is 23.1 Å². The zero-order valence-electron chi connectivity index (χ0n) is 13.6. The van der Waals surface area contributed by atoms with Gasteiger partial charge in [-0.3, -0.25) is 9.69 Å². The van der Waals surface area contributed by atoms with Gasteiger partial charge in [0.15, 0.2) is 0 Å². The van der Waals surface area contributed by atoms with Crippen molar-refractivity contribution in [2.75, 3.05) is 11.9 Å². The molecule has 1 amide bonds. The number of aromatic nitrogens is 2. The number of carbonyl (C=O) groups excluding carboxylic acids is 1. The summed E-state index contributed by atoms with van der Waals surface area (Å²) in [6.07, 6.45) is 0. The molecule has 0 radical (unpaired) electrons. The molecule has 0 aliphatic rings. The Morgan fingerprint density at radius 3 is 2.46 bits per heavy atom. The number of aryl methyl sites for hydroxylation is 2. The van der Waals surface area contributed by atoms with Crippen LogP contribution in [-0.4, -0.2) is 22.9 Å². The van der Waals surface area contributed by atoms with Crippen LogP contribution >= 0.6 is 11.3 Å². The minimum absolute atomic E-state index is 0.156. The molecule has 2 heterocycles. The molecule has 3 rings (SSSR count). The van der Waals surface area contributed by atoms with E-state index in [2.05, 4.69) is 9.97 Å². The number of halogens is 1. The number of carbonyl (C=O) groups is 1. The van der Waals surface area contributed by atoms with Crippen LogP contribution in [0, 0.1) is 19.7 Å². The van der Waals surface area contributed by atoms with Crippen LogP contribution in [0.3, 0.4) is 0 Å². The van der Waals surface area contributed by atoms with Gasteiger partial charge >= 0.3 is 0 Å². The molecule has 4 nitrogen and oxygen atoms in total. The average molecular weight is 341 g/mol. The molecule has 0 bridgehead atoms. The standard InChI is InChI=1S/C18H16FN3OS/c1-11-5-4-6-15(20-11)22(3)18(23)16-12(2)21-17(24-16)13-7-9-14(19)10-8-13/h4-10H,1-3H3. The maximum atomic E-state index is 13.1. The molecule has 3 aromatic rings. The molecule has 0 saturated heterocycles. The van der Waals surface area contributed by atoms with Crippen LogP contribution in [0.15, 0.2) is 42.5 Å². The molecule has 0 N–H and O–H groups in total. The van der Waals surface area contributed by atoms with Gasteiger partial charge in [-0.05, 0) is 50.2 Å². The third kappa shape index (κ3) is 3.19. The summed E-state index contributed by atoms with van der Waals surface area (Å²) in [5.41, 5.74) is 2.30. The summed E-state index contributed by atoms with van der Waals surface area (Å²) in [6.45, 7) is 3.68. The fourth-order valence-corrected chi connectivity index (χ4v) is 3.33. The number of amides is 1. The lowest BCUT2D eigenvalue weighted by molar-refractivity contribution is 0.0995. The van der Waals surface area contributed by atoms with Gasteiger partial charge in [0, 0.05) is 18.3 Å². The van der Waals surface area contributed by atoms with Crippen LogP contribution in [0.5, 0.6) is 0 Å². The van der Waals surface area contributed by atoms with Gasteiger partial charge in [-0.25, -0.2) is 14.4 Å². The predicted molar refractivity (Wildman–Crippen MR) is 94.0 cm³/mol. The molecule has 0 spiro atoms. The maximum absolute atomic E-state index is 13.1. The van der Waals surface area contributed by atoms with Gasteiger partial charge in [-0.1, -0.05) is 6.07 Å². The number of thiazole rings is 1. The molecule has 0 fully saturated rings. The van der Waals surface area contributed by atoms with Crippen LogP contribution in [0.2, 0.25) is 0 Å². The second kappa shape index (κ2) is 6.49. The molecule has 0 saturated carbocycles. The lowest BCUT2D eigenvalue weighted by Gasteiger charge is -2.15. The minimum atomic E-state index is -0.298. The monoisotopic (exact) mass is 341 g/mol. The quantitative estimate of drug-likeness (QED) is 0.716. The molecule has 122 valence electrons. The number of anilines is 1. The summed E-state index contributed by atoms with van der Waals surface area (Å²) >= 11 is 1.30. The highest BCUT2D eigenvalue weighted by Gasteiger charge is 2.21. The highest BCUT2D eigenvalue weighted by molar-refractivity contribution is 7.17. The van der Waals surface area contributed by atoms with Gasteiger partial charge < -0.3 is 0 Å². The lowest BCUT2D eigenvalue weighted by atomic mass is 10.2. The van der Waals surface area contributed by atoms with Crippen LogP contribution in [0.4, 0.5) is 10.2 Å². The van der Waals surface area contributed by atoms with Gasteiger partial charge in [0.05, 0.1) is 5.69 Å². The van der Waals surface area contributed by atoms with E-state index < -0.39 is 0 Å². The summed E-state index contributed by atoms with van der Waals surface area (Å²) in [7, 11) is 1.70. The minimum Gasteiger partial charge on any atom is -0.295 e. The smallest absolute Gasteiger partial charge is 0.271 e. The third-order valence-electron chi connectivity index (χ3n) is 3.60. The Hall–Kier alpha value is -2.60. The first kappa shape index (κ1) is 16.3. The van der Waals surface area contributed by atoms with E-state index in [1.54, 1.807) is 32.2 Å². The van der Waals surface area contributed by atoms with E-state index in [1.165, 1.54) is 28.4 Å². The number of benzene rings is 1. The molecule has 6 heteroatoms. The fraction of sp³-hybridized carbons (Fsp3) is 0.167. The summed E-state index contributed by atoms with van der Waals surface area (Å²) in [5.74, 6) is 0.140. The van der Waals surface area contributed by atoms with Crippen LogP contribution in [0.1, 0.15) is 21.1 Å². The molecule has 0 aliphatic heterocycles. The van der Waals surface area contributed by atoms with Crippen molar-refractivity contribution in [1.29, 1.82) is 0 Å². The molecule has 1 aromatic carbocycles. The Bertz CT molecular complexity index is 890. The first-order chi connectivity index (χ1) is 11.5. The Balaban J connectivity index is 1.92. The third-order valence-corrected chi connectivity index (χ3v) is 4.80. The Morgan fingerprint density at radius 2 is 1.79 bits per heavy atom. The normalized spacial score (nSPS) is 10.7. The van der Waals surface area contributed by atoms with Crippen molar-refractivity contribution in [3.63, 3.8) is 0 Å². The summed E-state index contributed by atoms with van der Waals surface area (Å²) in [4.78, 5) is 23.7. The van der Waals surface area contributed by atoms with E-state index in [0.29, 0.717) is 21.4 Å². The highest BCUT2D eigenvalue weighted by Crippen LogP contribution is 2.29. The summed E-state index contributed by atoms with van der Waals surface area (Å²) < 4.78 is 13.1. The van der Waals surface area contributed by atoms with Gasteiger partial charge in [0.2, 0.25) is 0 Å². The van der Waals surface area contributed by atoms with Crippen molar-refractivity contribution in [2.24, 2.45) is 0 Å². The fourth-order valence-electron chi connectivity index (χ4n) is 2.28. The molecular formula is C18H16FN3OS. The molecule has 0 unspecified atom stereocenters. The average Bonchev–Trinajstić information content (AvgIpc) is 2.96. The molecule has 2 aromatic heterocycles. The van der Waals surface area contributed by atoms with Gasteiger partial charge in [-0.2, -0.15) is 0 Å². The SMILES string of the molecule is Cc1cccc(N(C)C(=O)c2sc(-c3ccc(F)cc3)nc2C)n1. The van der Waals surface area contributed by atoms with Crippen molar-refractivity contribution in [3.8, 4) is 10.6 Å². The van der Waals surface area contributed by atoms with Crippen molar-refractivity contribution in [3.05, 3.63) is 64.5 Å². The van der Waals surface area contributed by atoms with Gasteiger partial charge in [0.1, 0.15) is 21.5 Å². The zero-order valence-corrected chi connectivity index (χ0v) is 14.4. The molecule has 24 heavy (non-hydrogen) atoms. The van der Waals surface area contributed by atoms with E-state index in [4.69, 9.17) is 0 Å². The Morgan fingerprint density at radius 1 is 1.08 bits per heavy atom. The van der Waals surface area contributed by atoms with E-state index in [-0.39, 0.29) is 11.7 Å². The van der Waals surface area contributed by atoms with E-state index >= 15 is 0 Å². The van der Waals surface area contributed by atoms with E-state index in [9.17, 15) is 9.18 Å². The molecule has 0 atom stereocenters. The Labute approximate surface area is 143 Å². The first-order valence-electron chi connectivity index (χ1n) is 7.41. The summed E-state index contributed by atoms with van der Waals surface area (Å²) in [6, 6.07) is 11.6. The molecular weight excluding hydrogens is 325 g/mol. The van der Waals surface area contributed by atoms with E-state index in [0.717, 1.165) is 11.3 Å². The lowest BCUT2D eigenvalue weighted by Crippen LogP contribution is -2.27. The van der Waals surface area contributed by atoms with Crippen molar-refractivity contribution < 1.29 is 9.18 Å². The van der Waals surface area contributed by atoms with Gasteiger partial charge in [0.25, 0.3) is 5.91 Å². The van der Waals surface area contributed by atoms with Crippen LogP contribution < -0.4 is 4.90 Å². The predicted octanol–water partition coefficient (Wildman–Crippen LogP) is 4.24. The second-order valence-corrected chi connectivity index (χ2v) is 6.44. The number of nitrogens with zero attached hydrogens (tertiary/aromatic N) is 3. The number of rotatable bonds is 3. The van der Waals surface area contributed by atoms with Crippen molar-refractivity contribution in [1.82, 2.24) is 9.97 Å². The second-order valence-electron chi connectivity index (χ2n) is 5.44. The summed E-state index contributed by atoms with van der Waals surface area (Å²) in [5, 5.41) is 0.696. The van der Waals surface area contributed by atoms with Gasteiger partial charge in [-0.15, -0.1) is 11.3 Å². The zero-order chi connectivity index (χ0) is 17.3.